The molecule has 0 unspecified atom stereocenters. The Labute approximate surface area is 122 Å². The Morgan fingerprint density at radius 2 is 2.10 bits per heavy atom. The maximum atomic E-state index is 11.5. The summed E-state index contributed by atoms with van der Waals surface area (Å²) in [5.74, 6) is 0.455. The summed E-state index contributed by atoms with van der Waals surface area (Å²) in [7, 11) is 0. The van der Waals surface area contributed by atoms with E-state index in [1.165, 1.54) is 6.92 Å². The van der Waals surface area contributed by atoms with E-state index in [1.54, 1.807) is 0 Å². The van der Waals surface area contributed by atoms with Gasteiger partial charge in [-0.05, 0) is 50.9 Å². The van der Waals surface area contributed by atoms with Crippen molar-refractivity contribution in [1.29, 1.82) is 0 Å². The van der Waals surface area contributed by atoms with Gasteiger partial charge in [0.15, 0.2) is 0 Å². The van der Waals surface area contributed by atoms with Gasteiger partial charge in [-0.25, -0.2) is 0 Å². The van der Waals surface area contributed by atoms with E-state index in [0.29, 0.717) is 12.3 Å². The first-order valence-electron chi connectivity index (χ1n) is 7.77. The summed E-state index contributed by atoms with van der Waals surface area (Å²) in [6, 6.07) is 0. The highest BCUT2D eigenvalue weighted by atomic mass is 16.6. The van der Waals surface area contributed by atoms with Gasteiger partial charge >= 0.3 is 5.97 Å². The van der Waals surface area contributed by atoms with E-state index in [0.717, 1.165) is 31.3 Å². The predicted molar refractivity (Wildman–Crippen MR) is 79.2 cm³/mol. The van der Waals surface area contributed by atoms with Crippen LogP contribution in [0.25, 0.3) is 0 Å². The van der Waals surface area contributed by atoms with Gasteiger partial charge in [0.1, 0.15) is 5.60 Å². The molecule has 114 valence electrons. The largest absolute Gasteiger partial charge is 0.459 e. The van der Waals surface area contributed by atoms with Gasteiger partial charge in [-0.1, -0.05) is 26.0 Å². The van der Waals surface area contributed by atoms with Crippen molar-refractivity contribution in [2.75, 3.05) is 0 Å². The zero-order valence-electron chi connectivity index (χ0n) is 13.2. The van der Waals surface area contributed by atoms with Crippen molar-refractivity contribution in [3.8, 4) is 0 Å². The van der Waals surface area contributed by atoms with Crippen LogP contribution in [0.3, 0.4) is 0 Å². The molecule has 0 aliphatic heterocycles. The van der Waals surface area contributed by atoms with Crippen molar-refractivity contribution in [2.24, 2.45) is 17.8 Å². The molecule has 2 aliphatic carbocycles. The predicted octanol–water partition coefficient (Wildman–Crippen LogP) is 3.46. The molecule has 0 aromatic rings. The third kappa shape index (κ3) is 2.52. The SMILES string of the molecule is C=C1CC[C@H]2[C@](O)(C1)[C@@H](C(C)C)CC[C@]2(C)OC(C)=O. The number of rotatable bonds is 2. The molecule has 20 heavy (non-hydrogen) atoms. The van der Waals surface area contributed by atoms with Crippen LogP contribution in [0, 0.1) is 17.8 Å². The fraction of sp³-hybridized carbons (Fsp3) is 0.824. The zero-order chi connectivity index (χ0) is 15.1. The summed E-state index contributed by atoms with van der Waals surface area (Å²) in [6.07, 6.45) is 4.19. The highest BCUT2D eigenvalue weighted by molar-refractivity contribution is 5.66. The van der Waals surface area contributed by atoms with Gasteiger partial charge in [-0.3, -0.25) is 4.79 Å². The molecule has 0 amide bonds. The lowest BCUT2D eigenvalue weighted by molar-refractivity contribution is -0.215. The average molecular weight is 280 g/mol. The second-order valence-electron chi connectivity index (χ2n) is 7.30. The molecule has 0 spiro atoms. The van der Waals surface area contributed by atoms with Gasteiger partial charge in [0, 0.05) is 12.8 Å². The van der Waals surface area contributed by atoms with Gasteiger partial charge < -0.3 is 9.84 Å². The third-order valence-corrected chi connectivity index (χ3v) is 5.44. The molecule has 2 saturated carbocycles. The molecule has 0 aromatic heterocycles. The van der Waals surface area contributed by atoms with E-state index in [2.05, 4.69) is 20.4 Å². The highest BCUT2D eigenvalue weighted by Gasteiger charge is 2.58. The van der Waals surface area contributed by atoms with E-state index in [-0.39, 0.29) is 17.8 Å². The minimum Gasteiger partial charge on any atom is -0.459 e. The van der Waals surface area contributed by atoms with E-state index in [1.807, 2.05) is 6.92 Å². The number of esters is 1. The molecule has 0 radical (unpaired) electrons. The van der Waals surface area contributed by atoms with Crippen LogP contribution in [0.15, 0.2) is 12.2 Å². The van der Waals surface area contributed by atoms with E-state index in [4.69, 9.17) is 4.74 Å². The van der Waals surface area contributed by atoms with Crippen LogP contribution in [-0.2, 0) is 9.53 Å². The smallest absolute Gasteiger partial charge is 0.303 e. The third-order valence-electron chi connectivity index (χ3n) is 5.44. The molecule has 0 heterocycles. The minimum absolute atomic E-state index is 0.0190. The van der Waals surface area contributed by atoms with Crippen molar-refractivity contribution in [3.05, 3.63) is 12.2 Å². The highest BCUT2D eigenvalue weighted by Crippen LogP contribution is 2.55. The van der Waals surface area contributed by atoms with Crippen LogP contribution in [0.4, 0.5) is 0 Å². The number of fused-ring (bicyclic) bond motifs is 1. The van der Waals surface area contributed by atoms with Crippen LogP contribution in [0.5, 0.6) is 0 Å². The molecule has 2 fully saturated rings. The second-order valence-corrected chi connectivity index (χ2v) is 7.30. The Morgan fingerprint density at radius 1 is 1.45 bits per heavy atom. The Kier molecular flexibility index (Phi) is 4.03. The zero-order valence-corrected chi connectivity index (χ0v) is 13.2. The van der Waals surface area contributed by atoms with Crippen LogP contribution >= 0.6 is 0 Å². The quantitative estimate of drug-likeness (QED) is 0.622. The number of hydrogen-bond donors (Lipinski definition) is 1. The molecule has 0 saturated heterocycles. The molecule has 2 rings (SSSR count). The summed E-state index contributed by atoms with van der Waals surface area (Å²) >= 11 is 0. The fourth-order valence-corrected chi connectivity index (χ4v) is 4.66. The number of carbonyl (C=O) groups is 1. The summed E-state index contributed by atoms with van der Waals surface area (Å²) in [5.41, 5.74) is -0.181. The van der Waals surface area contributed by atoms with E-state index < -0.39 is 11.2 Å². The fourth-order valence-electron chi connectivity index (χ4n) is 4.66. The molecule has 3 heteroatoms. The maximum absolute atomic E-state index is 11.5. The van der Waals surface area contributed by atoms with Crippen molar-refractivity contribution in [2.45, 2.75) is 71.0 Å². The second kappa shape index (κ2) is 5.18. The first-order chi connectivity index (χ1) is 9.19. The molecule has 1 N–H and O–H groups in total. The lowest BCUT2D eigenvalue weighted by atomic mass is 9.54. The van der Waals surface area contributed by atoms with Gasteiger partial charge in [0.25, 0.3) is 0 Å². The van der Waals surface area contributed by atoms with Crippen molar-refractivity contribution in [3.63, 3.8) is 0 Å². The average Bonchev–Trinajstić information content (AvgIpc) is 2.25. The summed E-state index contributed by atoms with van der Waals surface area (Å²) in [5, 5.41) is 11.4. The van der Waals surface area contributed by atoms with Crippen LogP contribution in [0.2, 0.25) is 0 Å². The Balaban J connectivity index is 2.36. The van der Waals surface area contributed by atoms with Crippen molar-refractivity contribution < 1.29 is 14.6 Å². The number of hydrogen-bond acceptors (Lipinski definition) is 3. The molecule has 4 atom stereocenters. The van der Waals surface area contributed by atoms with Crippen molar-refractivity contribution in [1.82, 2.24) is 0 Å². The van der Waals surface area contributed by atoms with E-state index in [9.17, 15) is 9.90 Å². The standard InChI is InChI=1S/C17H28O3/c1-11(2)14-8-9-16(5,20-13(4)18)15-7-6-12(3)10-17(14,15)19/h11,14-15,19H,3,6-10H2,1-2,4-5H3/t14-,15-,16+,17+/m1/s1. The molecule has 0 bridgehead atoms. The van der Waals surface area contributed by atoms with Crippen molar-refractivity contribution >= 4 is 5.97 Å². The Hall–Kier alpha value is -0.830. The normalized spacial score (nSPS) is 41.4. The molecular weight excluding hydrogens is 252 g/mol. The summed E-state index contributed by atoms with van der Waals surface area (Å²) in [4.78, 5) is 11.5. The lowest BCUT2D eigenvalue weighted by Gasteiger charge is -2.57. The topological polar surface area (TPSA) is 46.5 Å². The Morgan fingerprint density at radius 3 is 2.65 bits per heavy atom. The maximum Gasteiger partial charge on any atom is 0.303 e. The lowest BCUT2D eigenvalue weighted by Crippen LogP contribution is -2.62. The minimum atomic E-state index is -0.772. The van der Waals surface area contributed by atoms with Crippen LogP contribution < -0.4 is 0 Å². The van der Waals surface area contributed by atoms with Crippen LogP contribution in [-0.4, -0.2) is 22.3 Å². The summed E-state index contributed by atoms with van der Waals surface area (Å²) in [6.45, 7) is 11.9. The monoisotopic (exact) mass is 280 g/mol. The number of aliphatic hydroxyl groups is 1. The Bertz CT molecular complexity index is 414. The molecule has 2 aliphatic rings. The number of carbonyl (C=O) groups excluding carboxylic acids is 1. The molecule has 3 nitrogen and oxygen atoms in total. The van der Waals surface area contributed by atoms with Gasteiger partial charge in [-0.2, -0.15) is 0 Å². The van der Waals surface area contributed by atoms with Gasteiger partial charge in [0.05, 0.1) is 5.60 Å². The van der Waals surface area contributed by atoms with E-state index >= 15 is 0 Å². The van der Waals surface area contributed by atoms with Gasteiger partial charge in [-0.15, -0.1) is 0 Å². The number of ether oxygens (including phenoxy) is 1. The first-order valence-corrected chi connectivity index (χ1v) is 7.77. The first kappa shape index (κ1) is 15.6. The molecule has 0 aromatic carbocycles. The van der Waals surface area contributed by atoms with Gasteiger partial charge in [0.2, 0.25) is 0 Å². The summed E-state index contributed by atoms with van der Waals surface area (Å²) < 4.78 is 5.65. The van der Waals surface area contributed by atoms with Crippen LogP contribution in [0.1, 0.15) is 59.8 Å². The molecular formula is C17H28O3.